The van der Waals surface area contributed by atoms with E-state index in [1.807, 2.05) is 13.0 Å². The second-order valence-electron chi connectivity index (χ2n) is 3.40. The molecule has 4 heteroatoms. The smallest absolute Gasteiger partial charge is 0.307 e. The molecule has 0 amide bonds. The highest BCUT2D eigenvalue weighted by Crippen LogP contribution is 2.22. The number of halogens is 1. The fourth-order valence-electron chi connectivity index (χ4n) is 1.75. The third-order valence-electron chi connectivity index (χ3n) is 2.47. The molecule has 3 nitrogen and oxygen atoms in total. The molecule has 0 fully saturated rings. The van der Waals surface area contributed by atoms with Crippen molar-refractivity contribution in [3.8, 4) is 6.07 Å². The Bertz CT molecular complexity index is 449. The van der Waals surface area contributed by atoms with Gasteiger partial charge in [0.2, 0.25) is 0 Å². The summed E-state index contributed by atoms with van der Waals surface area (Å²) in [5.74, 6) is -0.869. The molecule has 84 valence electrons. The van der Waals surface area contributed by atoms with Gasteiger partial charge in [-0.05, 0) is 29.2 Å². The summed E-state index contributed by atoms with van der Waals surface area (Å²) in [4.78, 5) is 10.8. The number of aliphatic carboxylic acids is 1. The van der Waals surface area contributed by atoms with Crippen LogP contribution < -0.4 is 0 Å². The molecule has 0 aliphatic carbocycles. The zero-order valence-electron chi connectivity index (χ0n) is 8.96. The highest BCUT2D eigenvalue weighted by molar-refractivity contribution is 9.08. The first-order valence-electron chi connectivity index (χ1n) is 4.95. The molecule has 1 N–H and O–H groups in total. The lowest BCUT2D eigenvalue weighted by Crippen LogP contribution is -2.08. The van der Waals surface area contributed by atoms with Crippen LogP contribution in [-0.2, 0) is 23.0 Å². The van der Waals surface area contributed by atoms with E-state index in [1.54, 1.807) is 6.07 Å². The van der Waals surface area contributed by atoms with E-state index in [4.69, 9.17) is 10.4 Å². The van der Waals surface area contributed by atoms with Crippen LogP contribution in [0.4, 0.5) is 0 Å². The van der Waals surface area contributed by atoms with Crippen LogP contribution in [0.3, 0.4) is 0 Å². The van der Waals surface area contributed by atoms with Crippen LogP contribution in [0, 0.1) is 11.3 Å². The van der Waals surface area contributed by atoms with Crippen LogP contribution in [0.15, 0.2) is 12.1 Å². The number of hydrogen-bond donors (Lipinski definition) is 1. The summed E-state index contributed by atoms with van der Waals surface area (Å²) in [5.41, 5.74) is 3.13. The SMILES string of the molecule is CCc1c(C#N)ccc(CBr)c1CC(=O)O. The minimum atomic E-state index is -0.869. The number of hydrogen-bond acceptors (Lipinski definition) is 2. The number of carboxylic acids is 1. The van der Waals surface area contributed by atoms with Crippen molar-refractivity contribution in [2.45, 2.75) is 25.1 Å². The van der Waals surface area contributed by atoms with Crippen LogP contribution in [0.2, 0.25) is 0 Å². The van der Waals surface area contributed by atoms with Crippen molar-refractivity contribution in [2.75, 3.05) is 0 Å². The largest absolute Gasteiger partial charge is 0.481 e. The molecule has 1 aromatic carbocycles. The Kier molecular flexibility index (Phi) is 4.51. The zero-order chi connectivity index (χ0) is 12.1. The number of carboxylic acid groups (broad SMARTS) is 1. The van der Waals surface area contributed by atoms with Gasteiger partial charge in [-0.3, -0.25) is 4.79 Å². The van der Waals surface area contributed by atoms with Gasteiger partial charge in [0.05, 0.1) is 18.1 Å². The molecule has 0 aliphatic heterocycles. The van der Waals surface area contributed by atoms with Crippen molar-refractivity contribution in [3.05, 3.63) is 34.4 Å². The van der Waals surface area contributed by atoms with Gasteiger partial charge in [-0.2, -0.15) is 5.26 Å². The molecule has 16 heavy (non-hydrogen) atoms. The summed E-state index contributed by atoms with van der Waals surface area (Å²) in [5, 5.41) is 18.4. The van der Waals surface area contributed by atoms with Gasteiger partial charge in [0.1, 0.15) is 0 Å². The fraction of sp³-hybridized carbons (Fsp3) is 0.333. The van der Waals surface area contributed by atoms with Crippen molar-refractivity contribution in [3.63, 3.8) is 0 Å². The summed E-state index contributed by atoms with van der Waals surface area (Å²) < 4.78 is 0. The van der Waals surface area contributed by atoms with Crippen LogP contribution in [-0.4, -0.2) is 11.1 Å². The van der Waals surface area contributed by atoms with Gasteiger partial charge in [0.25, 0.3) is 0 Å². The van der Waals surface area contributed by atoms with E-state index in [1.165, 1.54) is 0 Å². The van der Waals surface area contributed by atoms with Crippen molar-refractivity contribution in [1.82, 2.24) is 0 Å². The number of nitrogens with zero attached hydrogens (tertiary/aromatic N) is 1. The summed E-state index contributed by atoms with van der Waals surface area (Å²) in [6, 6.07) is 5.66. The summed E-state index contributed by atoms with van der Waals surface area (Å²) in [6.07, 6.45) is 0.645. The van der Waals surface area contributed by atoms with Gasteiger partial charge >= 0.3 is 5.97 Å². The number of alkyl halides is 1. The van der Waals surface area contributed by atoms with Gasteiger partial charge in [-0.15, -0.1) is 0 Å². The zero-order valence-corrected chi connectivity index (χ0v) is 10.5. The Morgan fingerprint density at radius 1 is 1.50 bits per heavy atom. The Morgan fingerprint density at radius 3 is 2.62 bits per heavy atom. The lowest BCUT2D eigenvalue weighted by molar-refractivity contribution is -0.136. The van der Waals surface area contributed by atoms with Crippen molar-refractivity contribution in [2.24, 2.45) is 0 Å². The van der Waals surface area contributed by atoms with Crippen molar-refractivity contribution in [1.29, 1.82) is 5.26 Å². The average molecular weight is 282 g/mol. The molecule has 1 rings (SSSR count). The predicted octanol–water partition coefficient (Wildman–Crippen LogP) is 2.64. The quantitative estimate of drug-likeness (QED) is 0.863. The lowest BCUT2D eigenvalue weighted by atomic mass is 9.93. The molecular formula is C12H12BrNO2. The van der Waals surface area contributed by atoms with Crippen LogP contribution in [0.25, 0.3) is 0 Å². The lowest BCUT2D eigenvalue weighted by Gasteiger charge is -2.12. The maximum atomic E-state index is 10.8. The number of carbonyl (C=O) groups is 1. The van der Waals surface area contributed by atoms with E-state index in [2.05, 4.69) is 22.0 Å². The first kappa shape index (κ1) is 12.7. The second kappa shape index (κ2) is 5.66. The van der Waals surface area contributed by atoms with Gasteiger partial charge in [0.15, 0.2) is 0 Å². The van der Waals surface area contributed by atoms with Gasteiger partial charge < -0.3 is 5.11 Å². The first-order chi connectivity index (χ1) is 7.63. The predicted molar refractivity (Wildman–Crippen MR) is 64.5 cm³/mol. The maximum absolute atomic E-state index is 10.8. The minimum absolute atomic E-state index is 0.0281. The summed E-state index contributed by atoms with van der Waals surface area (Å²) in [6.45, 7) is 1.93. The van der Waals surface area contributed by atoms with Crippen molar-refractivity contribution < 1.29 is 9.90 Å². The van der Waals surface area contributed by atoms with E-state index < -0.39 is 5.97 Å². The first-order valence-corrected chi connectivity index (χ1v) is 6.07. The van der Waals surface area contributed by atoms with Gasteiger partial charge in [-0.25, -0.2) is 0 Å². The number of rotatable bonds is 4. The normalized spacial score (nSPS) is 9.81. The molecule has 0 saturated carbocycles. The second-order valence-corrected chi connectivity index (χ2v) is 3.96. The molecule has 0 atom stereocenters. The Balaban J connectivity index is 3.37. The van der Waals surface area contributed by atoms with E-state index in [9.17, 15) is 4.79 Å². The molecule has 0 radical (unpaired) electrons. The summed E-state index contributed by atoms with van der Waals surface area (Å²) >= 11 is 3.33. The number of nitriles is 1. The third-order valence-corrected chi connectivity index (χ3v) is 3.08. The van der Waals surface area contributed by atoms with E-state index in [0.717, 1.165) is 16.7 Å². The molecule has 1 aromatic rings. The van der Waals surface area contributed by atoms with Crippen LogP contribution in [0.5, 0.6) is 0 Å². The van der Waals surface area contributed by atoms with Crippen molar-refractivity contribution >= 4 is 21.9 Å². The average Bonchev–Trinajstić information content (AvgIpc) is 2.27. The Labute approximate surface area is 103 Å². The molecular weight excluding hydrogens is 270 g/mol. The molecule has 0 saturated heterocycles. The Morgan fingerprint density at radius 2 is 2.19 bits per heavy atom. The van der Waals surface area contributed by atoms with Crippen LogP contribution >= 0.6 is 15.9 Å². The fourth-order valence-corrected chi connectivity index (χ4v) is 2.27. The molecule has 0 heterocycles. The summed E-state index contributed by atoms with van der Waals surface area (Å²) in [7, 11) is 0. The molecule has 0 unspecified atom stereocenters. The van der Waals surface area contributed by atoms with E-state index in [0.29, 0.717) is 17.3 Å². The highest BCUT2D eigenvalue weighted by atomic mass is 79.9. The van der Waals surface area contributed by atoms with Crippen LogP contribution in [0.1, 0.15) is 29.2 Å². The van der Waals surface area contributed by atoms with Gasteiger partial charge in [-0.1, -0.05) is 28.9 Å². The monoisotopic (exact) mass is 281 g/mol. The standard InChI is InChI=1S/C12H12BrNO2/c1-2-10-9(7-14)4-3-8(6-13)11(10)5-12(15)16/h3-4H,2,5-6H2,1H3,(H,15,16). The molecule has 0 bridgehead atoms. The van der Waals surface area contributed by atoms with E-state index in [-0.39, 0.29) is 6.42 Å². The molecule has 0 aliphatic rings. The molecule has 0 aromatic heterocycles. The topological polar surface area (TPSA) is 61.1 Å². The Hall–Kier alpha value is -1.34. The maximum Gasteiger partial charge on any atom is 0.307 e. The van der Waals surface area contributed by atoms with Gasteiger partial charge in [0, 0.05) is 5.33 Å². The van der Waals surface area contributed by atoms with E-state index >= 15 is 0 Å². The third kappa shape index (κ3) is 2.61. The number of benzene rings is 1. The molecule has 0 spiro atoms. The highest BCUT2D eigenvalue weighted by Gasteiger charge is 2.13. The minimum Gasteiger partial charge on any atom is -0.481 e.